The Morgan fingerprint density at radius 1 is 1.07 bits per heavy atom. The Labute approximate surface area is 177 Å². The number of hydrazine groups is 1. The number of para-hydroxylation sites is 1. The highest BCUT2D eigenvalue weighted by Gasteiger charge is 2.34. The zero-order valence-electron chi connectivity index (χ0n) is 15.9. The summed E-state index contributed by atoms with van der Waals surface area (Å²) < 4.78 is 16.0. The third kappa shape index (κ3) is 4.36. The SMILES string of the molecule is COc1ccc(C(=O)NN2C(=O)C(=Cc3cccc(OC)c3OC)SC2=S)cc1. The van der Waals surface area contributed by atoms with Crippen molar-refractivity contribution in [1.29, 1.82) is 0 Å². The minimum atomic E-state index is -0.454. The molecule has 0 aliphatic carbocycles. The smallest absolute Gasteiger partial charge is 0.285 e. The number of thiocarbonyl (C=S) groups is 1. The van der Waals surface area contributed by atoms with Gasteiger partial charge >= 0.3 is 0 Å². The van der Waals surface area contributed by atoms with E-state index in [4.69, 9.17) is 26.4 Å². The summed E-state index contributed by atoms with van der Waals surface area (Å²) in [5, 5.41) is 1.06. The number of carbonyl (C=O) groups is 2. The minimum Gasteiger partial charge on any atom is -0.497 e. The quantitative estimate of drug-likeness (QED) is 0.557. The molecule has 0 spiro atoms. The number of hydrogen-bond acceptors (Lipinski definition) is 7. The van der Waals surface area contributed by atoms with Gasteiger partial charge in [-0.15, -0.1) is 0 Å². The zero-order chi connectivity index (χ0) is 21.0. The Morgan fingerprint density at radius 2 is 1.79 bits per heavy atom. The number of hydrogen-bond donors (Lipinski definition) is 1. The van der Waals surface area contributed by atoms with E-state index in [2.05, 4.69) is 5.43 Å². The third-order valence-corrected chi connectivity index (χ3v) is 5.38. The molecular weight excluding hydrogens is 412 g/mol. The molecule has 7 nitrogen and oxygen atoms in total. The second-order valence-electron chi connectivity index (χ2n) is 5.77. The number of nitrogens with zero attached hydrogens (tertiary/aromatic N) is 1. The van der Waals surface area contributed by atoms with Crippen molar-refractivity contribution in [3.8, 4) is 17.2 Å². The van der Waals surface area contributed by atoms with Crippen LogP contribution in [0.4, 0.5) is 0 Å². The third-order valence-electron chi connectivity index (χ3n) is 4.08. The van der Waals surface area contributed by atoms with Crippen LogP contribution in [0.5, 0.6) is 17.2 Å². The van der Waals surface area contributed by atoms with Gasteiger partial charge in [0.25, 0.3) is 11.8 Å². The number of thioether (sulfide) groups is 1. The number of amides is 2. The van der Waals surface area contributed by atoms with Crippen molar-refractivity contribution >= 4 is 46.2 Å². The normalized spacial score (nSPS) is 14.9. The zero-order valence-corrected chi connectivity index (χ0v) is 17.6. The summed E-state index contributed by atoms with van der Waals surface area (Å²) in [4.78, 5) is 25.6. The maximum Gasteiger partial charge on any atom is 0.285 e. The van der Waals surface area contributed by atoms with E-state index >= 15 is 0 Å². The molecule has 29 heavy (non-hydrogen) atoms. The topological polar surface area (TPSA) is 77.1 Å². The Bertz CT molecular complexity index is 989. The van der Waals surface area contributed by atoms with Gasteiger partial charge in [0.2, 0.25) is 0 Å². The van der Waals surface area contributed by atoms with E-state index in [0.29, 0.717) is 33.3 Å². The van der Waals surface area contributed by atoms with Gasteiger partial charge in [-0.3, -0.25) is 15.0 Å². The first-order chi connectivity index (χ1) is 14.0. The fraction of sp³-hybridized carbons (Fsp3) is 0.150. The van der Waals surface area contributed by atoms with Crippen LogP contribution in [0.1, 0.15) is 15.9 Å². The van der Waals surface area contributed by atoms with E-state index in [9.17, 15) is 9.59 Å². The van der Waals surface area contributed by atoms with E-state index in [0.717, 1.165) is 16.8 Å². The molecule has 1 N–H and O–H groups in total. The van der Waals surface area contributed by atoms with Crippen molar-refractivity contribution in [3.63, 3.8) is 0 Å². The highest BCUT2D eigenvalue weighted by atomic mass is 32.2. The second kappa shape index (κ2) is 8.97. The molecule has 0 aromatic heterocycles. The number of nitrogens with one attached hydrogen (secondary N) is 1. The van der Waals surface area contributed by atoms with Crippen LogP contribution in [-0.4, -0.2) is 42.5 Å². The molecule has 150 valence electrons. The highest BCUT2D eigenvalue weighted by Crippen LogP contribution is 2.36. The summed E-state index contributed by atoms with van der Waals surface area (Å²) in [6.07, 6.45) is 1.65. The van der Waals surface area contributed by atoms with Crippen molar-refractivity contribution < 1.29 is 23.8 Å². The number of ether oxygens (including phenoxy) is 3. The lowest BCUT2D eigenvalue weighted by molar-refractivity contribution is -0.123. The van der Waals surface area contributed by atoms with E-state index in [1.165, 1.54) is 14.2 Å². The lowest BCUT2D eigenvalue weighted by Gasteiger charge is -2.15. The molecule has 2 aromatic rings. The predicted molar refractivity (Wildman–Crippen MR) is 115 cm³/mol. The Hall–Kier alpha value is -3.04. The molecule has 1 aliphatic heterocycles. The molecule has 0 atom stereocenters. The van der Waals surface area contributed by atoms with Crippen LogP contribution in [-0.2, 0) is 4.79 Å². The Kier molecular flexibility index (Phi) is 6.40. The van der Waals surface area contributed by atoms with Crippen molar-refractivity contribution in [1.82, 2.24) is 10.4 Å². The fourth-order valence-corrected chi connectivity index (χ4v) is 3.81. The summed E-state index contributed by atoms with van der Waals surface area (Å²) in [5.41, 5.74) is 3.58. The van der Waals surface area contributed by atoms with Crippen LogP contribution >= 0.6 is 24.0 Å². The fourth-order valence-electron chi connectivity index (χ4n) is 2.64. The van der Waals surface area contributed by atoms with E-state index in [1.54, 1.807) is 55.7 Å². The first kappa shape index (κ1) is 20.7. The summed E-state index contributed by atoms with van der Waals surface area (Å²) in [5.74, 6) is 0.797. The van der Waals surface area contributed by atoms with Gasteiger partial charge < -0.3 is 14.2 Å². The molecule has 2 amide bonds. The van der Waals surface area contributed by atoms with Gasteiger partial charge in [0.15, 0.2) is 15.8 Å². The molecule has 1 fully saturated rings. The highest BCUT2D eigenvalue weighted by molar-refractivity contribution is 8.26. The molecule has 0 radical (unpaired) electrons. The van der Waals surface area contributed by atoms with Crippen LogP contribution in [0.3, 0.4) is 0 Å². The molecular formula is C20H18N2O5S2. The summed E-state index contributed by atoms with van der Waals surface area (Å²) in [7, 11) is 4.60. The minimum absolute atomic E-state index is 0.227. The lowest BCUT2D eigenvalue weighted by atomic mass is 10.1. The number of benzene rings is 2. The molecule has 3 rings (SSSR count). The van der Waals surface area contributed by atoms with Crippen LogP contribution in [0, 0.1) is 0 Å². The van der Waals surface area contributed by atoms with Crippen LogP contribution < -0.4 is 19.6 Å². The molecule has 1 aliphatic rings. The van der Waals surface area contributed by atoms with E-state index in [1.807, 2.05) is 0 Å². The van der Waals surface area contributed by atoms with Gasteiger partial charge in [-0.25, -0.2) is 0 Å². The van der Waals surface area contributed by atoms with Gasteiger partial charge in [0, 0.05) is 11.1 Å². The largest absolute Gasteiger partial charge is 0.497 e. The number of carbonyl (C=O) groups excluding carboxylic acids is 2. The molecule has 1 heterocycles. The molecule has 0 unspecified atom stereocenters. The molecule has 0 saturated carbocycles. The van der Waals surface area contributed by atoms with Crippen molar-refractivity contribution in [3.05, 3.63) is 58.5 Å². The molecule has 2 aromatic carbocycles. The first-order valence-electron chi connectivity index (χ1n) is 8.42. The lowest BCUT2D eigenvalue weighted by Crippen LogP contribution is -2.44. The maximum absolute atomic E-state index is 12.8. The summed E-state index contributed by atoms with van der Waals surface area (Å²) >= 11 is 6.36. The van der Waals surface area contributed by atoms with Gasteiger partial charge in [-0.2, -0.15) is 5.01 Å². The van der Waals surface area contributed by atoms with E-state index in [-0.39, 0.29) is 4.32 Å². The average Bonchev–Trinajstić information content (AvgIpc) is 3.00. The summed E-state index contributed by atoms with van der Waals surface area (Å²) in [6, 6.07) is 11.9. The molecule has 9 heteroatoms. The monoisotopic (exact) mass is 430 g/mol. The van der Waals surface area contributed by atoms with Crippen LogP contribution in [0.2, 0.25) is 0 Å². The van der Waals surface area contributed by atoms with Crippen LogP contribution in [0.15, 0.2) is 47.4 Å². The van der Waals surface area contributed by atoms with Gasteiger partial charge in [-0.05, 0) is 48.6 Å². The number of methoxy groups -OCH3 is 3. The van der Waals surface area contributed by atoms with E-state index < -0.39 is 11.8 Å². The Balaban J connectivity index is 1.81. The number of rotatable bonds is 6. The van der Waals surface area contributed by atoms with Crippen molar-refractivity contribution in [2.45, 2.75) is 0 Å². The predicted octanol–water partition coefficient (Wildman–Crippen LogP) is 3.26. The standard InChI is InChI=1S/C20H18N2O5S2/c1-25-14-9-7-12(8-10-14)18(23)21-22-19(24)16(29-20(22)28)11-13-5-4-6-15(26-2)17(13)27-3/h4-11H,1-3H3,(H,21,23). The Morgan fingerprint density at radius 3 is 2.41 bits per heavy atom. The van der Waals surface area contributed by atoms with Crippen molar-refractivity contribution in [2.24, 2.45) is 0 Å². The second-order valence-corrected chi connectivity index (χ2v) is 7.45. The molecule has 1 saturated heterocycles. The van der Waals surface area contributed by atoms with Gasteiger partial charge in [-0.1, -0.05) is 23.9 Å². The van der Waals surface area contributed by atoms with Gasteiger partial charge in [0.05, 0.1) is 26.2 Å². The maximum atomic E-state index is 12.8. The van der Waals surface area contributed by atoms with Crippen LogP contribution in [0.25, 0.3) is 6.08 Å². The summed E-state index contributed by atoms with van der Waals surface area (Å²) in [6.45, 7) is 0. The average molecular weight is 431 g/mol. The first-order valence-corrected chi connectivity index (χ1v) is 9.65. The van der Waals surface area contributed by atoms with Gasteiger partial charge in [0.1, 0.15) is 5.75 Å². The molecule has 0 bridgehead atoms. The van der Waals surface area contributed by atoms with Crippen molar-refractivity contribution in [2.75, 3.05) is 21.3 Å².